The smallest absolute Gasteiger partial charge is 0.0190 e. The maximum Gasteiger partial charge on any atom is 0.0190 e. The molecule has 0 aromatic rings. The van der Waals surface area contributed by atoms with Gasteiger partial charge >= 0.3 is 0 Å². The summed E-state index contributed by atoms with van der Waals surface area (Å²) in [6.07, 6.45) is 0. The molecule has 2 nitrogen and oxygen atoms in total. The summed E-state index contributed by atoms with van der Waals surface area (Å²) in [7, 11) is 2.18. The predicted molar refractivity (Wildman–Crippen MR) is 50.9 cm³/mol. The van der Waals surface area contributed by atoms with Crippen LogP contribution in [0.3, 0.4) is 0 Å². The summed E-state index contributed by atoms with van der Waals surface area (Å²) in [5.41, 5.74) is 0. The van der Waals surface area contributed by atoms with E-state index < -0.39 is 0 Å². The lowest BCUT2D eigenvalue weighted by atomic mass is 10.2. The molecule has 2 atom stereocenters. The van der Waals surface area contributed by atoms with Gasteiger partial charge in [-0.05, 0) is 20.9 Å². The van der Waals surface area contributed by atoms with Gasteiger partial charge in [-0.3, -0.25) is 0 Å². The van der Waals surface area contributed by atoms with Gasteiger partial charge in [0.15, 0.2) is 0 Å². The third kappa shape index (κ3) is 3.73. The minimum atomic E-state index is 0.672. The Morgan fingerprint density at radius 2 is 1.82 bits per heavy atom. The summed E-state index contributed by atoms with van der Waals surface area (Å²) in [6, 6.07) is 1.38. The zero-order valence-corrected chi connectivity index (χ0v) is 8.52. The van der Waals surface area contributed by atoms with Crippen molar-refractivity contribution in [3.05, 3.63) is 0 Å². The summed E-state index contributed by atoms with van der Waals surface area (Å²) in [5.74, 6) is 0. The highest BCUT2D eigenvalue weighted by Crippen LogP contribution is 2.01. The number of nitrogens with one attached hydrogen (secondary N) is 1. The van der Waals surface area contributed by atoms with Crippen molar-refractivity contribution in [1.82, 2.24) is 10.2 Å². The molecule has 0 aliphatic carbocycles. The number of piperazine rings is 1. The summed E-state index contributed by atoms with van der Waals surface area (Å²) in [4.78, 5) is 2.39. The van der Waals surface area contributed by atoms with Gasteiger partial charge in [0.2, 0.25) is 0 Å². The van der Waals surface area contributed by atoms with E-state index in [2.05, 4.69) is 31.1 Å². The van der Waals surface area contributed by atoms with Crippen LogP contribution in [0.25, 0.3) is 0 Å². The maximum absolute atomic E-state index is 3.42. The average Bonchev–Trinajstić information content (AvgIpc) is 2.02. The minimum absolute atomic E-state index is 0.672. The van der Waals surface area contributed by atoms with Gasteiger partial charge in [0.25, 0.3) is 0 Å². The fourth-order valence-electron chi connectivity index (χ4n) is 1.20. The molecule has 68 valence electrons. The Morgan fingerprint density at radius 1 is 1.27 bits per heavy atom. The first kappa shape index (κ1) is 10.9. The fourth-order valence-corrected chi connectivity index (χ4v) is 1.20. The summed E-state index contributed by atoms with van der Waals surface area (Å²) in [6.45, 7) is 10.8. The highest BCUT2D eigenvalue weighted by molar-refractivity contribution is 4.78. The van der Waals surface area contributed by atoms with E-state index in [9.17, 15) is 0 Å². The molecule has 1 aliphatic rings. The number of rotatable bonds is 0. The molecule has 0 aromatic carbocycles. The lowest BCUT2D eigenvalue weighted by molar-refractivity contribution is 0.182. The highest BCUT2D eigenvalue weighted by atomic mass is 15.2. The van der Waals surface area contributed by atoms with Gasteiger partial charge < -0.3 is 10.2 Å². The van der Waals surface area contributed by atoms with Gasteiger partial charge in [-0.25, -0.2) is 0 Å². The Kier molecular flexibility index (Phi) is 5.51. The largest absolute Gasteiger partial charge is 0.311 e. The molecule has 2 heteroatoms. The molecule has 0 saturated carbocycles. The normalized spacial score (nSPS) is 32.5. The zero-order chi connectivity index (χ0) is 8.85. The second-order valence-corrected chi connectivity index (χ2v) is 3.10. The van der Waals surface area contributed by atoms with E-state index in [1.807, 2.05) is 13.8 Å². The molecule has 1 unspecified atom stereocenters. The van der Waals surface area contributed by atoms with Crippen LogP contribution >= 0.6 is 0 Å². The Labute approximate surface area is 71.0 Å². The van der Waals surface area contributed by atoms with Crippen LogP contribution in [0.5, 0.6) is 0 Å². The Morgan fingerprint density at radius 3 is 2.18 bits per heavy atom. The van der Waals surface area contributed by atoms with Crippen LogP contribution in [0.4, 0.5) is 0 Å². The van der Waals surface area contributed by atoms with Gasteiger partial charge in [0, 0.05) is 25.2 Å². The first-order chi connectivity index (χ1) is 5.20. The molecule has 1 N–H and O–H groups in total. The molecular formula is C9H22N2. The molecule has 0 bridgehead atoms. The van der Waals surface area contributed by atoms with E-state index in [1.165, 1.54) is 6.54 Å². The third-order valence-electron chi connectivity index (χ3n) is 2.08. The molecule has 0 aromatic heterocycles. The second-order valence-electron chi connectivity index (χ2n) is 3.10. The molecule has 0 radical (unpaired) electrons. The van der Waals surface area contributed by atoms with Crippen molar-refractivity contribution in [2.75, 3.05) is 20.1 Å². The van der Waals surface area contributed by atoms with Crippen LogP contribution in [-0.4, -0.2) is 37.1 Å². The monoisotopic (exact) mass is 158 g/mol. The molecule has 0 amide bonds. The highest BCUT2D eigenvalue weighted by Gasteiger charge is 2.17. The molecular weight excluding hydrogens is 136 g/mol. The summed E-state index contributed by atoms with van der Waals surface area (Å²) >= 11 is 0. The molecule has 1 aliphatic heterocycles. The van der Waals surface area contributed by atoms with E-state index in [0.29, 0.717) is 12.1 Å². The van der Waals surface area contributed by atoms with Crippen molar-refractivity contribution in [3.63, 3.8) is 0 Å². The van der Waals surface area contributed by atoms with Crippen molar-refractivity contribution >= 4 is 0 Å². The standard InChI is InChI=1S/C7H16N2.C2H6/c1-6-5-9(3)7(2)4-8-6;1-2/h6-8H,4-5H2,1-3H3;1-2H3/t6-,7?;/m1./s1. The third-order valence-corrected chi connectivity index (χ3v) is 2.08. The molecule has 11 heavy (non-hydrogen) atoms. The zero-order valence-electron chi connectivity index (χ0n) is 8.52. The molecule has 1 heterocycles. The minimum Gasteiger partial charge on any atom is -0.311 e. The van der Waals surface area contributed by atoms with Gasteiger partial charge in [0.05, 0.1) is 0 Å². The van der Waals surface area contributed by atoms with Gasteiger partial charge in [0.1, 0.15) is 0 Å². The number of hydrogen-bond acceptors (Lipinski definition) is 2. The van der Waals surface area contributed by atoms with Gasteiger partial charge in [-0.1, -0.05) is 13.8 Å². The quantitative estimate of drug-likeness (QED) is 0.572. The van der Waals surface area contributed by atoms with Gasteiger partial charge in [-0.2, -0.15) is 0 Å². The molecule has 1 fully saturated rings. The Balaban J connectivity index is 0.000000461. The first-order valence-corrected chi connectivity index (χ1v) is 4.64. The van der Waals surface area contributed by atoms with Gasteiger partial charge in [-0.15, -0.1) is 0 Å². The summed E-state index contributed by atoms with van der Waals surface area (Å²) < 4.78 is 0. The Hall–Kier alpha value is -0.0800. The van der Waals surface area contributed by atoms with E-state index in [4.69, 9.17) is 0 Å². The number of hydrogen-bond donors (Lipinski definition) is 1. The molecule has 0 spiro atoms. The topological polar surface area (TPSA) is 15.3 Å². The van der Waals surface area contributed by atoms with Crippen molar-refractivity contribution in [2.24, 2.45) is 0 Å². The molecule has 1 saturated heterocycles. The van der Waals surface area contributed by atoms with E-state index in [1.54, 1.807) is 0 Å². The second kappa shape index (κ2) is 5.56. The number of likely N-dealkylation sites (N-methyl/N-ethyl adjacent to an activating group) is 1. The van der Waals surface area contributed by atoms with Crippen LogP contribution in [0.1, 0.15) is 27.7 Å². The van der Waals surface area contributed by atoms with Crippen molar-refractivity contribution in [3.8, 4) is 0 Å². The predicted octanol–water partition coefficient (Wildman–Crippen LogP) is 1.32. The Bertz CT molecular complexity index is 93.6. The average molecular weight is 158 g/mol. The molecule has 1 rings (SSSR count). The van der Waals surface area contributed by atoms with Crippen molar-refractivity contribution in [2.45, 2.75) is 39.8 Å². The van der Waals surface area contributed by atoms with Crippen LogP contribution in [-0.2, 0) is 0 Å². The van der Waals surface area contributed by atoms with E-state index in [-0.39, 0.29) is 0 Å². The maximum atomic E-state index is 3.42. The van der Waals surface area contributed by atoms with Crippen LogP contribution in [0.15, 0.2) is 0 Å². The summed E-state index contributed by atoms with van der Waals surface area (Å²) in [5, 5.41) is 3.42. The lowest BCUT2D eigenvalue weighted by Gasteiger charge is -2.34. The lowest BCUT2D eigenvalue weighted by Crippen LogP contribution is -2.52. The fraction of sp³-hybridized carbons (Fsp3) is 1.00. The van der Waals surface area contributed by atoms with Crippen LogP contribution in [0, 0.1) is 0 Å². The first-order valence-electron chi connectivity index (χ1n) is 4.64. The van der Waals surface area contributed by atoms with E-state index >= 15 is 0 Å². The SMILES string of the molecule is CC.CC1CN[C@H](C)CN1C. The van der Waals surface area contributed by atoms with Crippen LogP contribution < -0.4 is 5.32 Å². The number of nitrogens with zero attached hydrogens (tertiary/aromatic N) is 1. The van der Waals surface area contributed by atoms with Crippen molar-refractivity contribution in [1.29, 1.82) is 0 Å². The van der Waals surface area contributed by atoms with Crippen molar-refractivity contribution < 1.29 is 0 Å². The van der Waals surface area contributed by atoms with E-state index in [0.717, 1.165) is 6.54 Å². The van der Waals surface area contributed by atoms with Crippen LogP contribution in [0.2, 0.25) is 0 Å².